The number of aromatic nitrogens is 2. The predicted molar refractivity (Wildman–Crippen MR) is 101 cm³/mol. The summed E-state index contributed by atoms with van der Waals surface area (Å²) < 4.78 is 41.4. The second-order valence-corrected chi connectivity index (χ2v) is 8.80. The highest BCUT2D eigenvalue weighted by Crippen LogP contribution is 2.15. The van der Waals surface area contributed by atoms with Gasteiger partial charge >= 0.3 is 0 Å². The van der Waals surface area contributed by atoms with E-state index in [1.165, 1.54) is 7.05 Å². The normalized spacial score (nSPS) is 11.9. The Balaban J connectivity index is 1.61. The quantitative estimate of drug-likeness (QED) is 0.618. The lowest BCUT2D eigenvalue weighted by atomic mass is 10.4. The Labute approximate surface area is 164 Å². The lowest BCUT2D eigenvalue weighted by molar-refractivity contribution is -0.121. The summed E-state index contributed by atoms with van der Waals surface area (Å²) in [4.78, 5) is 16.4. The molecule has 0 atom stereocenters. The number of likely N-dealkylation sites (N-methyl/N-ethyl adjacent to an activating group) is 1. The Morgan fingerprint density at radius 1 is 1.22 bits per heavy atom. The molecule has 0 aliphatic carbocycles. The fourth-order valence-corrected chi connectivity index (χ4v) is 3.90. The topological polar surface area (TPSA) is 83.8 Å². The van der Waals surface area contributed by atoms with Gasteiger partial charge in [-0.15, -0.1) is 0 Å². The summed E-state index contributed by atoms with van der Waals surface area (Å²) in [6.45, 7) is -0.193. The van der Waals surface area contributed by atoms with Crippen LogP contribution in [0.2, 0.25) is 0 Å². The number of imidazole rings is 1. The van der Waals surface area contributed by atoms with E-state index in [1.807, 2.05) is 22.7 Å². The van der Waals surface area contributed by atoms with Crippen LogP contribution < -0.4 is 5.32 Å². The van der Waals surface area contributed by atoms with Crippen molar-refractivity contribution in [2.75, 3.05) is 13.6 Å². The van der Waals surface area contributed by atoms with Gasteiger partial charge in [-0.05, 0) is 52.3 Å². The maximum Gasteiger partial charge on any atom is 0.243 e. The van der Waals surface area contributed by atoms with Gasteiger partial charge in [-0.3, -0.25) is 4.79 Å². The highest BCUT2D eigenvalue weighted by atomic mass is 79.9. The van der Waals surface area contributed by atoms with E-state index in [9.17, 15) is 17.6 Å². The van der Waals surface area contributed by atoms with E-state index in [1.54, 1.807) is 6.20 Å². The van der Waals surface area contributed by atoms with E-state index in [4.69, 9.17) is 0 Å². The molecule has 0 spiro atoms. The Morgan fingerprint density at radius 2 is 1.93 bits per heavy atom. The van der Waals surface area contributed by atoms with Crippen LogP contribution in [-0.2, 0) is 21.4 Å². The van der Waals surface area contributed by atoms with E-state index in [0.29, 0.717) is 5.69 Å². The van der Waals surface area contributed by atoms with Crippen molar-refractivity contribution in [2.24, 2.45) is 0 Å². The summed E-state index contributed by atoms with van der Waals surface area (Å²) in [6, 6.07) is 8.13. The minimum absolute atomic E-state index is 0.0786. The number of hydrogen-bond donors (Lipinski definition) is 1. The first kappa shape index (κ1) is 19.5. The van der Waals surface area contributed by atoms with Gasteiger partial charge in [-0.1, -0.05) is 0 Å². The monoisotopic (exact) mass is 454 g/mol. The largest absolute Gasteiger partial charge is 0.349 e. The summed E-state index contributed by atoms with van der Waals surface area (Å²) in [5.41, 5.74) is 1.38. The van der Waals surface area contributed by atoms with Crippen LogP contribution in [0.1, 0.15) is 5.69 Å². The Morgan fingerprint density at radius 3 is 2.63 bits per heavy atom. The zero-order chi connectivity index (χ0) is 19.6. The van der Waals surface area contributed by atoms with Crippen LogP contribution in [-0.4, -0.2) is 41.6 Å². The number of halogens is 2. The molecule has 0 radical (unpaired) electrons. The van der Waals surface area contributed by atoms with Crippen LogP contribution >= 0.6 is 15.9 Å². The van der Waals surface area contributed by atoms with Crippen LogP contribution in [0, 0.1) is 5.82 Å². The van der Waals surface area contributed by atoms with E-state index in [2.05, 4.69) is 26.2 Å². The molecule has 0 bridgehead atoms. The van der Waals surface area contributed by atoms with E-state index in [-0.39, 0.29) is 18.0 Å². The minimum atomic E-state index is -3.88. The molecule has 0 aliphatic heterocycles. The summed E-state index contributed by atoms with van der Waals surface area (Å²) in [5, 5.41) is 2.65. The molecule has 0 aliphatic rings. The van der Waals surface area contributed by atoms with Gasteiger partial charge in [0.25, 0.3) is 0 Å². The van der Waals surface area contributed by atoms with Crippen molar-refractivity contribution in [1.29, 1.82) is 0 Å². The fraction of sp³-hybridized carbons (Fsp3) is 0.176. The average Bonchev–Trinajstić information content (AvgIpc) is 3.02. The summed E-state index contributed by atoms with van der Waals surface area (Å²) >= 11 is 3.37. The number of nitrogens with zero attached hydrogens (tertiary/aromatic N) is 3. The molecule has 10 heteroatoms. The van der Waals surface area contributed by atoms with Gasteiger partial charge in [0.15, 0.2) is 0 Å². The lowest BCUT2D eigenvalue weighted by Gasteiger charge is -2.16. The molecule has 1 aromatic carbocycles. The molecular weight excluding hydrogens is 439 g/mol. The number of amides is 1. The number of pyridine rings is 1. The van der Waals surface area contributed by atoms with Crippen molar-refractivity contribution in [3.8, 4) is 0 Å². The molecule has 3 aromatic rings. The molecule has 27 heavy (non-hydrogen) atoms. The van der Waals surface area contributed by atoms with Gasteiger partial charge in [-0.25, -0.2) is 17.8 Å². The molecule has 1 N–H and O–H groups in total. The number of nitrogens with one attached hydrogen (secondary N) is 1. The van der Waals surface area contributed by atoms with Crippen LogP contribution in [0.25, 0.3) is 5.65 Å². The van der Waals surface area contributed by atoms with Crippen LogP contribution in [0.5, 0.6) is 0 Å². The third-order valence-electron chi connectivity index (χ3n) is 3.82. The van der Waals surface area contributed by atoms with Gasteiger partial charge < -0.3 is 9.72 Å². The van der Waals surface area contributed by atoms with Crippen molar-refractivity contribution in [2.45, 2.75) is 11.4 Å². The Hall–Kier alpha value is -2.30. The molecule has 0 saturated heterocycles. The zero-order valence-electron chi connectivity index (χ0n) is 14.3. The highest BCUT2D eigenvalue weighted by Gasteiger charge is 2.23. The van der Waals surface area contributed by atoms with Gasteiger partial charge in [0.2, 0.25) is 15.9 Å². The van der Waals surface area contributed by atoms with Gasteiger partial charge in [-0.2, -0.15) is 4.31 Å². The van der Waals surface area contributed by atoms with Gasteiger partial charge in [0.05, 0.1) is 23.7 Å². The lowest BCUT2D eigenvalue weighted by Crippen LogP contribution is -2.38. The van der Waals surface area contributed by atoms with Crippen LogP contribution in [0.3, 0.4) is 0 Å². The minimum Gasteiger partial charge on any atom is -0.349 e. The molecule has 3 rings (SSSR count). The standard InChI is InChI=1S/C17H16BrFN4O3S/c1-22(27(25,26)15-5-3-13(19)4-6-15)11-17(24)20-8-14-10-23-9-12(18)2-7-16(23)21-14/h2-7,9-10H,8,11H2,1H3,(H,20,24). The highest BCUT2D eigenvalue weighted by molar-refractivity contribution is 9.10. The number of benzene rings is 1. The SMILES string of the molecule is CN(CC(=O)NCc1cn2cc(Br)ccc2n1)S(=O)(=O)c1ccc(F)cc1. The first-order valence-electron chi connectivity index (χ1n) is 7.87. The van der Waals surface area contributed by atoms with Gasteiger partial charge in [0.1, 0.15) is 11.5 Å². The molecule has 142 valence electrons. The van der Waals surface area contributed by atoms with Crippen molar-refractivity contribution in [3.63, 3.8) is 0 Å². The first-order valence-corrected chi connectivity index (χ1v) is 10.1. The molecule has 0 fully saturated rings. The molecule has 1 amide bonds. The molecule has 0 unspecified atom stereocenters. The van der Waals surface area contributed by atoms with E-state index < -0.39 is 21.7 Å². The second-order valence-electron chi connectivity index (χ2n) is 5.84. The van der Waals surface area contributed by atoms with Gasteiger partial charge in [0, 0.05) is 23.9 Å². The Kier molecular flexibility index (Phi) is 5.59. The molecule has 2 heterocycles. The maximum absolute atomic E-state index is 13.0. The second kappa shape index (κ2) is 7.75. The fourth-order valence-electron chi connectivity index (χ4n) is 2.42. The number of fused-ring (bicyclic) bond motifs is 1. The maximum atomic E-state index is 13.0. The predicted octanol–water partition coefficient (Wildman–Crippen LogP) is 2.17. The van der Waals surface area contributed by atoms with Crippen molar-refractivity contribution >= 4 is 37.5 Å². The number of sulfonamides is 1. The van der Waals surface area contributed by atoms with Crippen molar-refractivity contribution in [1.82, 2.24) is 19.0 Å². The molecule has 2 aromatic heterocycles. The number of rotatable bonds is 6. The smallest absolute Gasteiger partial charge is 0.243 e. The number of carbonyl (C=O) groups excluding carboxylic acids is 1. The van der Waals surface area contributed by atoms with E-state index in [0.717, 1.165) is 38.7 Å². The summed E-state index contributed by atoms with van der Waals surface area (Å²) in [7, 11) is -2.59. The van der Waals surface area contributed by atoms with E-state index >= 15 is 0 Å². The third-order valence-corrected chi connectivity index (χ3v) is 6.11. The van der Waals surface area contributed by atoms with Crippen molar-refractivity contribution < 1.29 is 17.6 Å². The number of carbonyl (C=O) groups is 1. The molecule has 0 saturated carbocycles. The average molecular weight is 455 g/mol. The first-order chi connectivity index (χ1) is 12.8. The van der Waals surface area contributed by atoms with Crippen LogP contribution in [0.15, 0.2) is 58.2 Å². The molecular formula is C17H16BrFN4O3S. The summed E-state index contributed by atoms with van der Waals surface area (Å²) in [6.07, 6.45) is 3.62. The number of hydrogen-bond acceptors (Lipinski definition) is 4. The Bertz CT molecular complexity index is 1080. The summed E-state index contributed by atoms with van der Waals surface area (Å²) in [5.74, 6) is -1.00. The molecule has 7 nitrogen and oxygen atoms in total. The zero-order valence-corrected chi connectivity index (χ0v) is 16.7. The van der Waals surface area contributed by atoms with Crippen LogP contribution in [0.4, 0.5) is 4.39 Å². The third kappa shape index (κ3) is 4.52. The van der Waals surface area contributed by atoms with Crippen molar-refractivity contribution in [3.05, 3.63) is 64.8 Å².